The van der Waals surface area contributed by atoms with Crippen molar-refractivity contribution in [3.05, 3.63) is 94.4 Å². The molecular weight excluding hydrogens is 520 g/mol. The summed E-state index contributed by atoms with van der Waals surface area (Å²) in [4.78, 5) is 51.0. The van der Waals surface area contributed by atoms with Crippen LogP contribution in [0.2, 0.25) is 0 Å². The van der Waals surface area contributed by atoms with Crippen LogP contribution in [0.15, 0.2) is 77.7 Å². The Morgan fingerprint density at radius 3 is 2.33 bits per heavy atom. The summed E-state index contributed by atoms with van der Waals surface area (Å²) in [6.45, 7) is 1.71. The quantitative estimate of drug-likeness (QED) is 0.282. The van der Waals surface area contributed by atoms with Crippen LogP contribution in [-0.2, 0) is 14.3 Å². The Hall–Kier alpha value is -4.57. The molecule has 39 heavy (non-hydrogen) atoms. The average Bonchev–Trinajstić information content (AvgIpc) is 3.21. The van der Waals surface area contributed by atoms with Crippen LogP contribution in [0.5, 0.6) is 11.5 Å². The number of hydrogen-bond donors (Lipinski definition) is 1. The van der Waals surface area contributed by atoms with Crippen molar-refractivity contribution >= 4 is 46.5 Å². The molecule has 3 amide bonds. The van der Waals surface area contributed by atoms with E-state index in [-0.39, 0.29) is 28.9 Å². The van der Waals surface area contributed by atoms with Gasteiger partial charge < -0.3 is 19.5 Å². The topological polar surface area (TPSA) is 111 Å². The van der Waals surface area contributed by atoms with Gasteiger partial charge in [0.15, 0.2) is 18.1 Å². The van der Waals surface area contributed by atoms with E-state index < -0.39 is 24.4 Å². The predicted molar refractivity (Wildman–Crippen MR) is 148 cm³/mol. The van der Waals surface area contributed by atoms with Crippen molar-refractivity contribution in [3.8, 4) is 11.5 Å². The Morgan fingerprint density at radius 1 is 0.949 bits per heavy atom. The number of ether oxygens (including phenoxy) is 3. The Bertz CT molecular complexity index is 1400. The first-order valence-electron chi connectivity index (χ1n) is 12.0. The van der Waals surface area contributed by atoms with Gasteiger partial charge in [0.2, 0.25) is 0 Å². The van der Waals surface area contributed by atoms with Crippen LogP contribution in [0.4, 0.5) is 10.5 Å². The molecule has 0 spiro atoms. The summed E-state index contributed by atoms with van der Waals surface area (Å²) < 4.78 is 16.0. The van der Waals surface area contributed by atoms with Crippen molar-refractivity contribution in [1.29, 1.82) is 0 Å². The number of carbonyl (C=O) groups excluding carboxylic acids is 4. The SMILES string of the molecule is COc1ccccc1OCCN1C(=O)S/C(=C\c2ccc(C(=O)OCC(=O)Nc3ccc(C)cc3)cc2)C1=O. The second-order valence-electron chi connectivity index (χ2n) is 8.45. The van der Waals surface area contributed by atoms with Gasteiger partial charge in [-0.2, -0.15) is 0 Å². The molecule has 0 aromatic heterocycles. The van der Waals surface area contributed by atoms with Crippen LogP contribution >= 0.6 is 11.8 Å². The second kappa shape index (κ2) is 12.8. The van der Waals surface area contributed by atoms with Gasteiger partial charge in [-0.05, 0) is 66.7 Å². The van der Waals surface area contributed by atoms with Crippen LogP contribution in [0.25, 0.3) is 6.08 Å². The molecule has 0 bridgehead atoms. The van der Waals surface area contributed by atoms with Gasteiger partial charge in [-0.25, -0.2) is 4.79 Å². The van der Waals surface area contributed by atoms with Crippen molar-refractivity contribution in [1.82, 2.24) is 4.90 Å². The Labute approximate surface area is 229 Å². The van der Waals surface area contributed by atoms with Crippen molar-refractivity contribution in [2.75, 3.05) is 32.2 Å². The van der Waals surface area contributed by atoms with Gasteiger partial charge in [0.25, 0.3) is 17.1 Å². The number of rotatable bonds is 10. The van der Waals surface area contributed by atoms with E-state index in [1.807, 2.05) is 25.1 Å². The third kappa shape index (κ3) is 7.26. The number of benzene rings is 3. The fourth-order valence-electron chi connectivity index (χ4n) is 3.59. The van der Waals surface area contributed by atoms with Gasteiger partial charge in [0, 0.05) is 5.69 Å². The third-order valence-electron chi connectivity index (χ3n) is 5.63. The Kier molecular flexibility index (Phi) is 9.01. The summed E-state index contributed by atoms with van der Waals surface area (Å²) in [6.07, 6.45) is 1.58. The Balaban J connectivity index is 1.28. The summed E-state index contributed by atoms with van der Waals surface area (Å²) in [7, 11) is 1.53. The van der Waals surface area contributed by atoms with Gasteiger partial charge in [-0.3, -0.25) is 19.3 Å². The Morgan fingerprint density at radius 2 is 1.64 bits per heavy atom. The highest BCUT2D eigenvalue weighted by molar-refractivity contribution is 8.18. The lowest BCUT2D eigenvalue weighted by atomic mass is 10.1. The van der Waals surface area contributed by atoms with Gasteiger partial charge in [-0.1, -0.05) is 42.0 Å². The number of amides is 3. The summed E-state index contributed by atoms with van der Waals surface area (Å²) in [5.74, 6) is -0.446. The number of thioether (sulfide) groups is 1. The van der Waals surface area contributed by atoms with Crippen molar-refractivity contribution in [2.24, 2.45) is 0 Å². The maximum atomic E-state index is 12.8. The average molecular weight is 547 g/mol. The molecule has 200 valence electrons. The standard InChI is InChI=1S/C29H26N2O7S/c1-19-7-13-22(14-8-19)30-26(32)18-38-28(34)21-11-9-20(10-12-21)17-25-27(33)31(29(35)39-25)15-16-37-24-6-4-3-5-23(24)36-2/h3-14,17H,15-16,18H2,1-2H3,(H,30,32)/b25-17-. The van der Waals surface area contributed by atoms with Gasteiger partial charge >= 0.3 is 5.97 Å². The van der Waals surface area contributed by atoms with Gasteiger partial charge in [0.05, 0.1) is 24.1 Å². The highest BCUT2D eigenvalue weighted by atomic mass is 32.2. The summed E-state index contributed by atoms with van der Waals surface area (Å²) >= 11 is 0.836. The van der Waals surface area contributed by atoms with E-state index in [1.54, 1.807) is 48.5 Å². The number of carbonyl (C=O) groups is 4. The molecule has 1 fully saturated rings. The van der Waals surface area contributed by atoms with E-state index in [2.05, 4.69) is 5.32 Å². The fraction of sp³-hybridized carbons (Fsp3) is 0.172. The maximum absolute atomic E-state index is 12.8. The molecule has 3 aromatic rings. The maximum Gasteiger partial charge on any atom is 0.338 e. The summed E-state index contributed by atoms with van der Waals surface area (Å²) in [5.41, 5.74) is 2.55. The van der Waals surface area contributed by atoms with E-state index in [0.29, 0.717) is 22.7 Å². The number of esters is 1. The first kappa shape index (κ1) is 27.5. The van der Waals surface area contributed by atoms with Crippen LogP contribution < -0.4 is 14.8 Å². The number of anilines is 1. The summed E-state index contributed by atoms with van der Waals surface area (Å²) in [5, 5.41) is 2.27. The monoisotopic (exact) mass is 546 g/mol. The fourth-order valence-corrected chi connectivity index (χ4v) is 4.46. The molecule has 0 unspecified atom stereocenters. The number of nitrogens with one attached hydrogen (secondary N) is 1. The van der Waals surface area contributed by atoms with Crippen molar-refractivity contribution < 1.29 is 33.4 Å². The molecule has 1 heterocycles. The molecule has 10 heteroatoms. The third-order valence-corrected chi connectivity index (χ3v) is 6.54. The van der Waals surface area contributed by atoms with E-state index in [0.717, 1.165) is 22.2 Å². The smallest absolute Gasteiger partial charge is 0.338 e. The molecule has 1 N–H and O–H groups in total. The summed E-state index contributed by atoms with van der Waals surface area (Å²) in [6, 6.07) is 20.7. The number of hydrogen-bond acceptors (Lipinski definition) is 8. The highest BCUT2D eigenvalue weighted by Crippen LogP contribution is 2.32. The predicted octanol–water partition coefficient (Wildman–Crippen LogP) is 4.91. The van der Waals surface area contributed by atoms with E-state index in [9.17, 15) is 19.2 Å². The molecule has 9 nitrogen and oxygen atoms in total. The zero-order chi connectivity index (χ0) is 27.8. The van der Waals surface area contributed by atoms with E-state index in [1.165, 1.54) is 19.2 Å². The van der Waals surface area contributed by atoms with Gasteiger partial charge in [0.1, 0.15) is 6.61 Å². The first-order chi connectivity index (χ1) is 18.8. The largest absolute Gasteiger partial charge is 0.493 e. The van der Waals surface area contributed by atoms with E-state index >= 15 is 0 Å². The molecule has 4 rings (SSSR count). The van der Waals surface area contributed by atoms with Crippen LogP contribution in [-0.4, -0.2) is 54.8 Å². The molecule has 1 aliphatic heterocycles. The van der Waals surface area contributed by atoms with Crippen LogP contribution in [0, 0.1) is 6.92 Å². The lowest BCUT2D eigenvalue weighted by Crippen LogP contribution is -2.32. The van der Waals surface area contributed by atoms with Crippen molar-refractivity contribution in [3.63, 3.8) is 0 Å². The minimum atomic E-state index is -0.657. The van der Waals surface area contributed by atoms with Crippen molar-refractivity contribution in [2.45, 2.75) is 6.92 Å². The molecule has 1 saturated heterocycles. The lowest BCUT2D eigenvalue weighted by molar-refractivity contribution is -0.123. The molecule has 3 aromatic carbocycles. The van der Waals surface area contributed by atoms with Crippen LogP contribution in [0.3, 0.4) is 0 Å². The zero-order valence-corrected chi connectivity index (χ0v) is 22.2. The number of para-hydroxylation sites is 2. The lowest BCUT2D eigenvalue weighted by Gasteiger charge is -2.14. The first-order valence-corrected chi connectivity index (χ1v) is 12.8. The number of aryl methyl sites for hydroxylation is 1. The highest BCUT2D eigenvalue weighted by Gasteiger charge is 2.34. The van der Waals surface area contributed by atoms with Gasteiger partial charge in [-0.15, -0.1) is 0 Å². The molecule has 0 saturated carbocycles. The molecule has 0 aliphatic carbocycles. The number of methoxy groups -OCH3 is 1. The molecule has 0 radical (unpaired) electrons. The minimum Gasteiger partial charge on any atom is -0.493 e. The van der Waals surface area contributed by atoms with Crippen LogP contribution in [0.1, 0.15) is 21.5 Å². The number of imide groups is 1. The number of nitrogens with zero attached hydrogens (tertiary/aromatic N) is 1. The molecule has 0 atom stereocenters. The zero-order valence-electron chi connectivity index (χ0n) is 21.3. The second-order valence-corrected chi connectivity index (χ2v) is 9.44. The molecule has 1 aliphatic rings. The van der Waals surface area contributed by atoms with E-state index in [4.69, 9.17) is 14.2 Å². The molecular formula is C29H26N2O7S. The normalized spacial score (nSPS) is 13.9. The minimum absolute atomic E-state index is 0.0856.